The molecule has 0 amide bonds. The SMILES string of the molecule is CCCCCCCCOC(=O)c1ccc(C(=O)Oc2ccccc2SC)cc1. The maximum atomic E-state index is 12.3. The van der Waals surface area contributed by atoms with Gasteiger partial charge in [0.1, 0.15) is 5.75 Å². The molecule has 0 atom stereocenters. The molecule has 4 nitrogen and oxygen atoms in total. The number of carbonyl (C=O) groups excluding carboxylic acids is 2. The number of hydrogen-bond acceptors (Lipinski definition) is 5. The Balaban J connectivity index is 1.81. The molecule has 0 saturated heterocycles. The first-order valence-corrected chi connectivity index (χ1v) is 11.0. The van der Waals surface area contributed by atoms with Gasteiger partial charge in [-0.15, -0.1) is 11.8 Å². The van der Waals surface area contributed by atoms with E-state index in [0.717, 1.165) is 17.7 Å². The van der Waals surface area contributed by atoms with Crippen LogP contribution in [0.5, 0.6) is 5.75 Å². The summed E-state index contributed by atoms with van der Waals surface area (Å²) in [4.78, 5) is 25.3. The lowest BCUT2D eigenvalue weighted by atomic mass is 10.1. The van der Waals surface area contributed by atoms with Crippen molar-refractivity contribution in [3.8, 4) is 5.75 Å². The van der Waals surface area contributed by atoms with Crippen molar-refractivity contribution >= 4 is 23.7 Å². The minimum Gasteiger partial charge on any atom is -0.462 e. The zero-order chi connectivity index (χ0) is 20.2. The molecular formula is C23H28O4S. The lowest BCUT2D eigenvalue weighted by Crippen LogP contribution is -2.10. The highest BCUT2D eigenvalue weighted by Crippen LogP contribution is 2.27. The maximum absolute atomic E-state index is 12.3. The summed E-state index contributed by atoms with van der Waals surface area (Å²) < 4.78 is 10.8. The smallest absolute Gasteiger partial charge is 0.343 e. The van der Waals surface area contributed by atoms with Gasteiger partial charge < -0.3 is 9.47 Å². The minimum absolute atomic E-state index is 0.360. The van der Waals surface area contributed by atoms with Crippen molar-refractivity contribution in [2.45, 2.75) is 50.3 Å². The monoisotopic (exact) mass is 400 g/mol. The molecule has 0 fully saturated rings. The van der Waals surface area contributed by atoms with E-state index < -0.39 is 5.97 Å². The largest absolute Gasteiger partial charge is 0.462 e. The number of esters is 2. The predicted molar refractivity (Wildman–Crippen MR) is 113 cm³/mol. The molecule has 5 heteroatoms. The number of rotatable bonds is 11. The molecule has 0 spiro atoms. The minimum atomic E-state index is -0.450. The number of hydrogen-bond donors (Lipinski definition) is 0. The van der Waals surface area contributed by atoms with Gasteiger partial charge in [-0.1, -0.05) is 51.2 Å². The van der Waals surface area contributed by atoms with Gasteiger partial charge >= 0.3 is 11.9 Å². The van der Waals surface area contributed by atoms with E-state index in [9.17, 15) is 9.59 Å². The normalized spacial score (nSPS) is 10.5. The van der Waals surface area contributed by atoms with Crippen LogP contribution in [0.4, 0.5) is 0 Å². The molecule has 0 N–H and O–H groups in total. The molecule has 0 aromatic heterocycles. The van der Waals surface area contributed by atoms with Crippen LogP contribution in [0.1, 0.15) is 66.2 Å². The van der Waals surface area contributed by atoms with Crippen molar-refractivity contribution in [3.05, 3.63) is 59.7 Å². The second-order valence-corrected chi connectivity index (χ2v) is 7.37. The summed E-state index contributed by atoms with van der Waals surface area (Å²) in [7, 11) is 0. The highest BCUT2D eigenvalue weighted by Gasteiger charge is 2.13. The van der Waals surface area contributed by atoms with E-state index in [-0.39, 0.29) is 5.97 Å². The van der Waals surface area contributed by atoms with E-state index in [1.54, 1.807) is 30.3 Å². The van der Waals surface area contributed by atoms with Crippen molar-refractivity contribution in [2.24, 2.45) is 0 Å². The van der Waals surface area contributed by atoms with Crippen LogP contribution >= 0.6 is 11.8 Å². The Morgan fingerprint density at radius 3 is 2.11 bits per heavy atom. The Bertz CT molecular complexity index is 755. The molecule has 0 radical (unpaired) electrons. The van der Waals surface area contributed by atoms with Crippen molar-refractivity contribution in [3.63, 3.8) is 0 Å². The van der Waals surface area contributed by atoms with Crippen LogP contribution in [0.3, 0.4) is 0 Å². The van der Waals surface area contributed by atoms with Crippen molar-refractivity contribution < 1.29 is 19.1 Å². The molecule has 0 saturated carbocycles. The van der Waals surface area contributed by atoms with Gasteiger partial charge in [-0.3, -0.25) is 0 Å². The van der Waals surface area contributed by atoms with Crippen molar-refractivity contribution in [2.75, 3.05) is 12.9 Å². The summed E-state index contributed by atoms with van der Waals surface area (Å²) in [6.45, 7) is 2.62. The topological polar surface area (TPSA) is 52.6 Å². The Morgan fingerprint density at radius 1 is 0.821 bits per heavy atom. The van der Waals surface area contributed by atoms with Gasteiger partial charge in [0.15, 0.2) is 0 Å². The molecule has 0 bridgehead atoms. The Kier molecular flexibility index (Phi) is 9.63. The van der Waals surface area contributed by atoms with Gasteiger partial charge in [-0.25, -0.2) is 9.59 Å². The average Bonchev–Trinajstić information content (AvgIpc) is 2.73. The van der Waals surface area contributed by atoms with Crippen molar-refractivity contribution in [1.82, 2.24) is 0 Å². The predicted octanol–water partition coefficient (Wildman–Crippen LogP) is 6.15. The summed E-state index contributed by atoms with van der Waals surface area (Å²) in [5, 5.41) is 0. The van der Waals surface area contributed by atoms with Crippen LogP contribution < -0.4 is 4.74 Å². The second kappa shape index (κ2) is 12.2. The zero-order valence-corrected chi connectivity index (χ0v) is 17.4. The van der Waals surface area contributed by atoms with E-state index in [1.165, 1.54) is 37.4 Å². The molecule has 0 unspecified atom stereocenters. The van der Waals surface area contributed by atoms with Gasteiger partial charge in [0.2, 0.25) is 0 Å². The number of benzene rings is 2. The van der Waals surface area contributed by atoms with Crippen molar-refractivity contribution in [1.29, 1.82) is 0 Å². The molecule has 150 valence electrons. The molecule has 0 aliphatic rings. The maximum Gasteiger partial charge on any atom is 0.343 e. The van der Waals surface area contributed by atoms with E-state index in [2.05, 4.69) is 6.92 Å². The Hall–Kier alpha value is -2.27. The highest BCUT2D eigenvalue weighted by molar-refractivity contribution is 7.98. The van der Waals surface area contributed by atoms with Crippen LogP contribution in [-0.2, 0) is 4.74 Å². The fraction of sp³-hybridized carbons (Fsp3) is 0.391. The first-order chi connectivity index (χ1) is 13.7. The van der Waals surface area contributed by atoms with Crippen LogP contribution in [0.2, 0.25) is 0 Å². The summed E-state index contributed by atoms with van der Waals surface area (Å²) >= 11 is 1.52. The molecular weight excluding hydrogens is 372 g/mol. The van der Waals surface area contributed by atoms with Crippen LogP contribution in [0, 0.1) is 0 Å². The molecule has 0 heterocycles. The summed E-state index contributed by atoms with van der Waals surface area (Å²) in [6.07, 6.45) is 8.80. The standard InChI is InChI=1S/C23H28O4S/c1-3-4-5-6-7-10-17-26-22(24)18-13-15-19(16-14-18)23(25)27-20-11-8-9-12-21(20)28-2/h8-9,11-16H,3-7,10,17H2,1-2H3. The van der Waals surface area contributed by atoms with Gasteiger partial charge in [0.05, 0.1) is 17.7 Å². The summed E-state index contributed by atoms with van der Waals surface area (Å²) in [5.74, 6) is -0.280. The number of ether oxygens (including phenoxy) is 2. The first-order valence-electron chi connectivity index (χ1n) is 9.78. The Labute approximate surface area is 171 Å². The molecule has 2 rings (SSSR count). The number of carbonyl (C=O) groups is 2. The number of thioether (sulfide) groups is 1. The van der Waals surface area contributed by atoms with E-state index in [4.69, 9.17) is 9.47 Å². The average molecular weight is 401 g/mol. The van der Waals surface area contributed by atoms with Gasteiger partial charge in [0.25, 0.3) is 0 Å². The number of unbranched alkanes of at least 4 members (excludes halogenated alkanes) is 5. The molecule has 28 heavy (non-hydrogen) atoms. The highest BCUT2D eigenvalue weighted by atomic mass is 32.2. The third kappa shape index (κ3) is 7.04. The lowest BCUT2D eigenvalue weighted by molar-refractivity contribution is 0.0497. The molecule has 0 aliphatic carbocycles. The van der Waals surface area contributed by atoms with E-state index in [0.29, 0.717) is 23.5 Å². The molecule has 2 aromatic carbocycles. The summed E-state index contributed by atoms with van der Waals surface area (Å²) in [5.41, 5.74) is 0.829. The molecule has 0 aliphatic heterocycles. The van der Waals surface area contributed by atoms with Crippen LogP contribution in [0.15, 0.2) is 53.4 Å². The van der Waals surface area contributed by atoms with Gasteiger partial charge in [0, 0.05) is 4.90 Å². The molecule has 2 aromatic rings. The van der Waals surface area contributed by atoms with Crippen LogP contribution in [-0.4, -0.2) is 24.8 Å². The third-order valence-electron chi connectivity index (χ3n) is 4.36. The van der Waals surface area contributed by atoms with Gasteiger partial charge in [-0.2, -0.15) is 0 Å². The first kappa shape index (κ1) is 22.0. The number of para-hydroxylation sites is 1. The van der Waals surface area contributed by atoms with Crippen LogP contribution in [0.25, 0.3) is 0 Å². The third-order valence-corrected chi connectivity index (χ3v) is 5.14. The fourth-order valence-electron chi connectivity index (χ4n) is 2.73. The Morgan fingerprint density at radius 2 is 1.43 bits per heavy atom. The quantitative estimate of drug-likeness (QED) is 0.196. The fourth-order valence-corrected chi connectivity index (χ4v) is 3.26. The summed E-state index contributed by atoms with van der Waals surface area (Å²) in [6, 6.07) is 13.8. The lowest BCUT2D eigenvalue weighted by Gasteiger charge is -2.09. The van der Waals surface area contributed by atoms with Gasteiger partial charge in [-0.05, 0) is 49.1 Å². The zero-order valence-electron chi connectivity index (χ0n) is 16.6. The second-order valence-electron chi connectivity index (χ2n) is 6.52. The van der Waals surface area contributed by atoms with E-state index >= 15 is 0 Å². The van der Waals surface area contributed by atoms with E-state index in [1.807, 2.05) is 24.5 Å².